The van der Waals surface area contributed by atoms with E-state index in [1.54, 1.807) is 19.5 Å². The number of hydrogen-bond donors (Lipinski definition) is 1. The third-order valence-electron chi connectivity index (χ3n) is 10.4. The number of thioether (sulfide) groups is 1. The number of fused-ring (bicyclic) bond motifs is 1. The summed E-state index contributed by atoms with van der Waals surface area (Å²) in [4.78, 5) is 12.0. The average molecular weight is 431 g/mol. The topological polar surface area (TPSA) is 59.7 Å². The van der Waals surface area contributed by atoms with Gasteiger partial charge in [0.15, 0.2) is 5.12 Å². The number of ether oxygens (including phenoxy) is 1. The average Bonchev–Trinajstić information content (AvgIpc) is 3.28. The van der Waals surface area contributed by atoms with Crippen LogP contribution >= 0.6 is 11.8 Å². The third kappa shape index (κ3) is 2.40. The van der Waals surface area contributed by atoms with Gasteiger partial charge in [-0.05, 0) is 73.7 Å². The Hall–Kier alpha value is -0.780. The fraction of sp³-hybridized carbons (Fsp3) is 0.800. The molecular weight excluding hydrogens is 396 g/mol. The van der Waals surface area contributed by atoms with Crippen LogP contribution in [0.15, 0.2) is 23.0 Å². The van der Waals surface area contributed by atoms with Crippen LogP contribution in [0.5, 0.6) is 0 Å². The van der Waals surface area contributed by atoms with Gasteiger partial charge in [0, 0.05) is 29.6 Å². The summed E-state index contributed by atoms with van der Waals surface area (Å²) in [6, 6.07) is 1.95. The molecule has 0 spiro atoms. The molecule has 0 radical (unpaired) electrons. The molecule has 4 aliphatic carbocycles. The Kier molecular flexibility index (Phi) is 4.23. The number of carbonyl (C=O) groups is 1. The van der Waals surface area contributed by atoms with Crippen molar-refractivity contribution in [3.63, 3.8) is 0 Å². The van der Waals surface area contributed by atoms with Crippen molar-refractivity contribution in [3.8, 4) is 0 Å². The van der Waals surface area contributed by atoms with E-state index in [9.17, 15) is 9.90 Å². The molecule has 1 aromatic rings. The lowest BCUT2D eigenvalue weighted by Gasteiger charge is -2.64. The molecule has 0 aromatic carbocycles. The van der Waals surface area contributed by atoms with Gasteiger partial charge in [0.2, 0.25) is 0 Å². The van der Waals surface area contributed by atoms with Crippen molar-refractivity contribution in [1.29, 1.82) is 0 Å². The molecule has 5 fully saturated rings. The molecule has 30 heavy (non-hydrogen) atoms. The lowest BCUT2D eigenvalue weighted by atomic mass is 9.43. The predicted molar refractivity (Wildman–Crippen MR) is 116 cm³/mol. The molecule has 5 unspecified atom stereocenters. The van der Waals surface area contributed by atoms with Crippen LogP contribution in [0.4, 0.5) is 0 Å². The maximum absolute atomic E-state index is 12.2. The maximum Gasteiger partial charge on any atom is 0.186 e. The smallest absolute Gasteiger partial charge is 0.186 e. The van der Waals surface area contributed by atoms with Crippen molar-refractivity contribution >= 4 is 16.9 Å². The standard InChI is InChI=1S/C25H34O4S/c1-14(26)30-21-10-15-4-5-17-18-6-8-24(3)22(17)20(29-19(21)11-23(15,18)2)12-25(24,27)16-7-9-28-13-16/h7,9,13,15,17-22,27H,4-6,8,10-12H2,1-3H3/t15?,17-,18-,19?,20?,21?,22-,23+,24+,25?/m1/s1. The number of carbonyl (C=O) groups excluding carboxylic acids is 1. The van der Waals surface area contributed by atoms with E-state index >= 15 is 0 Å². The van der Waals surface area contributed by atoms with Crippen molar-refractivity contribution in [1.82, 2.24) is 0 Å². The number of rotatable bonds is 2. The molecule has 0 amide bonds. The van der Waals surface area contributed by atoms with Gasteiger partial charge in [0.1, 0.15) is 5.60 Å². The van der Waals surface area contributed by atoms with Crippen LogP contribution in [0.1, 0.15) is 71.3 Å². The van der Waals surface area contributed by atoms with Crippen molar-refractivity contribution in [3.05, 3.63) is 24.2 Å². The normalized spacial score (nSPS) is 53.9. The largest absolute Gasteiger partial charge is 0.472 e. The van der Waals surface area contributed by atoms with Gasteiger partial charge in [-0.2, -0.15) is 0 Å². The summed E-state index contributed by atoms with van der Waals surface area (Å²) in [6.07, 6.45) is 11.2. The van der Waals surface area contributed by atoms with Crippen molar-refractivity contribution < 1.29 is 19.1 Å². The number of aliphatic hydroxyl groups is 1. The zero-order chi connectivity index (χ0) is 20.9. The van der Waals surface area contributed by atoms with E-state index in [4.69, 9.17) is 9.15 Å². The fourth-order valence-corrected chi connectivity index (χ4v) is 10.2. The molecule has 1 aliphatic heterocycles. The van der Waals surface area contributed by atoms with Crippen LogP contribution in [0.2, 0.25) is 0 Å². The Balaban J connectivity index is 1.47. The molecule has 4 nitrogen and oxygen atoms in total. The summed E-state index contributed by atoms with van der Waals surface area (Å²) in [5, 5.41) is 12.6. The molecule has 2 heterocycles. The highest BCUT2D eigenvalue weighted by Gasteiger charge is 2.70. The van der Waals surface area contributed by atoms with Gasteiger partial charge in [-0.25, -0.2) is 0 Å². The van der Waals surface area contributed by atoms with Gasteiger partial charge in [-0.3, -0.25) is 4.79 Å². The molecule has 1 N–H and O–H groups in total. The van der Waals surface area contributed by atoms with E-state index in [0.717, 1.165) is 30.7 Å². The van der Waals surface area contributed by atoms with E-state index in [2.05, 4.69) is 13.8 Å². The minimum Gasteiger partial charge on any atom is -0.472 e. The zero-order valence-corrected chi connectivity index (χ0v) is 19.1. The molecule has 1 aromatic heterocycles. The summed E-state index contributed by atoms with van der Waals surface area (Å²) in [7, 11) is 0. The Morgan fingerprint density at radius 2 is 2.03 bits per heavy atom. The molecule has 6 rings (SSSR count). The van der Waals surface area contributed by atoms with Crippen molar-refractivity contribution in [2.24, 2.45) is 34.5 Å². The maximum atomic E-state index is 12.2. The van der Waals surface area contributed by atoms with Crippen molar-refractivity contribution in [2.45, 2.75) is 88.8 Å². The molecule has 1 saturated heterocycles. The SMILES string of the molecule is CC(=O)SC1CC2CC[C@@H]3[C@H]4CC[C@@]5(C)[C@H]3C(CC5(O)c3ccoc3)OC1C[C@@]24C. The van der Waals surface area contributed by atoms with Gasteiger partial charge >= 0.3 is 0 Å². The highest BCUT2D eigenvalue weighted by Crippen LogP contribution is 2.72. The first-order chi connectivity index (χ1) is 14.3. The summed E-state index contributed by atoms with van der Waals surface area (Å²) >= 11 is 1.50. The van der Waals surface area contributed by atoms with E-state index in [1.165, 1.54) is 31.0 Å². The summed E-state index contributed by atoms with van der Waals surface area (Å²) < 4.78 is 12.4. The number of furan rings is 1. The first kappa shape index (κ1) is 19.9. The summed E-state index contributed by atoms with van der Waals surface area (Å²) in [5.41, 5.74) is 0.126. The van der Waals surface area contributed by atoms with Gasteiger partial charge < -0.3 is 14.3 Å². The van der Waals surface area contributed by atoms with Crippen LogP contribution in [0, 0.1) is 34.5 Å². The molecule has 164 valence electrons. The van der Waals surface area contributed by atoms with Gasteiger partial charge in [-0.15, -0.1) is 0 Å². The second kappa shape index (κ2) is 6.39. The molecule has 5 aliphatic rings. The van der Waals surface area contributed by atoms with E-state index in [-0.39, 0.29) is 28.0 Å². The van der Waals surface area contributed by atoms with Crippen LogP contribution in [-0.4, -0.2) is 27.7 Å². The van der Waals surface area contributed by atoms with Crippen molar-refractivity contribution in [2.75, 3.05) is 0 Å². The second-order valence-electron chi connectivity index (χ2n) is 11.4. The van der Waals surface area contributed by atoms with E-state index < -0.39 is 5.60 Å². The lowest BCUT2D eigenvalue weighted by Crippen LogP contribution is -2.61. The first-order valence-electron chi connectivity index (χ1n) is 11.8. The molecular formula is C25H34O4S. The highest BCUT2D eigenvalue weighted by molar-refractivity contribution is 8.14. The molecule has 5 bridgehead atoms. The van der Waals surface area contributed by atoms with Gasteiger partial charge in [-0.1, -0.05) is 25.6 Å². The van der Waals surface area contributed by atoms with E-state index in [1.807, 2.05) is 6.07 Å². The monoisotopic (exact) mass is 430 g/mol. The fourth-order valence-electron chi connectivity index (χ4n) is 9.08. The summed E-state index contributed by atoms with van der Waals surface area (Å²) in [5.74, 6) is 2.43. The highest BCUT2D eigenvalue weighted by atomic mass is 32.2. The van der Waals surface area contributed by atoms with Crippen LogP contribution in [0.25, 0.3) is 0 Å². The second-order valence-corrected chi connectivity index (χ2v) is 12.8. The van der Waals surface area contributed by atoms with Crippen LogP contribution in [0.3, 0.4) is 0 Å². The summed E-state index contributed by atoms with van der Waals surface area (Å²) in [6.45, 7) is 6.54. The quantitative estimate of drug-likeness (QED) is 0.703. The Morgan fingerprint density at radius 3 is 2.77 bits per heavy atom. The zero-order valence-electron chi connectivity index (χ0n) is 18.3. The molecule has 4 saturated carbocycles. The first-order valence-corrected chi connectivity index (χ1v) is 12.7. The lowest BCUT2D eigenvalue weighted by molar-refractivity contribution is -0.207. The van der Waals surface area contributed by atoms with E-state index in [0.29, 0.717) is 29.6 Å². The van der Waals surface area contributed by atoms with Crippen LogP contribution < -0.4 is 0 Å². The predicted octanol–water partition coefficient (Wildman–Crippen LogP) is 5.15. The van der Waals surface area contributed by atoms with Crippen LogP contribution in [-0.2, 0) is 15.1 Å². The molecule has 5 heteroatoms. The van der Waals surface area contributed by atoms with Gasteiger partial charge in [0.25, 0.3) is 0 Å². The minimum atomic E-state index is -0.903. The Bertz CT molecular complexity index is 853. The molecule has 10 atom stereocenters. The Labute approximate surface area is 183 Å². The Morgan fingerprint density at radius 1 is 1.20 bits per heavy atom. The number of hydrogen-bond acceptors (Lipinski definition) is 5. The third-order valence-corrected chi connectivity index (χ3v) is 11.5. The van der Waals surface area contributed by atoms with Gasteiger partial charge in [0.05, 0.1) is 24.7 Å². The minimum absolute atomic E-state index is 0.0574.